The molecule has 0 radical (unpaired) electrons. The van der Waals surface area contributed by atoms with Crippen molar-refractivity contribution in [2.75, 3.05) is 18.6 Å². The van der Waals surface area contributed by atoms with E-state index in [9.17, 15) is 4.79 Å². The maximum absolute atomic E-state index is 14.2. The van der Waals surface area contributed by atoms with E-state index in [0.29, 0.717) is 23.7 Å². The van der Waals surface area contributed by atoms with Crippen molar-refractivity contribution in [1.29, 1.82) is 0 Å². The summed E-state index contributed by atoms with van der Waals surface area (Å²) < 4.78 is 5.57. The van der Waals surface area contributed by atoms with E-state index in [1.165, 1.54) is 91.6 Å². The van der Waals surface area contributed by atoms with Crippen LogP contribution in [0.2, 0.25) is 0 Å². The van der Waals surface area contributed by atoms with E-state index in [0.717, 1.165) is 36.5 Å². The summed E-state index contributed by atoms with van der Waals surface area (Å²) in [5, 5.41) is 1.26. The predicted molar refractivity (Wildman–Crippen MR) is 170 cm³/mol. The van der Waals surface area contributed by atoms with Crippen LogP contribution in [0.4, 0.5) is 5.82 Å². The normalized spacial score (nSPS) is 26.1. The van der Waals surface area contributed by atoms with Gasteiger partial charge in [0.05, 0.1) is 17.0 Å². The summed E-state index contributed by atoms with van der Waals surface area (Å²) in [6.45, 7) is 2.96. The van der Waals surface area contributed by atoms with Crippen LogP contribution in [0, 0.1) is 24.7 Å². The molecule has 2 aromatic heterocycles. The van der Waals surface area contributed by atoms with Gasteiger partial charge in [-0.1, -0.05) is 44.2 Å². The number of ether oxygens (including phenoxy) is 1. The first-order valence-electron chi connectivity index (χ1n) is 16.4. The average Bonchev–Trinajstić information content (AvgIpc) is 3.77. The summed E-state index contributed by atoms with van der Waals surface area (Å²) in [6, 6.07) is 11.1. The van der Waals surface area contributed by atoms with Crippen LogP contribution in [0.1, 0.15) is 106 Å². The highest BCUT2D eigenvalue weighted by atomic mass is 32.1. The second-order valence-electron chi connectivity index (χ2n) is 13.6. The molecule has 5 nitrogen and oxygen atoms in total. The van der Waals surface area contributed by atoms with Crippen LogP contribution in [0.5, 0.6) is 5.75 Å². The Bertz CT molecular complexity index is 1420. The number of aromatic nitrogens is 2. The van der Waals surface area contributed by atoms with Gasteiger partial charge in [-0.05, 0) is 110 Å². The lowest BCUT2D eigenvalue weighted by molar-refractivity contribution is -0.123. The molecule has 1 amide bonds. The van der Waals surface area contributed by atoms with Crippen molar-refractivity contribution in [2.45, 2.75) is 102 Å². The Morgan fingerprint density at radius 3 is 2.64 bits per heavy atom. The molecule has 2 heterocycles. The largest absolute Gasteiger partial charge is 0.496 e. The molecule has 222 valence electrons. The van der Waals surface area contributed by atoms with Gasteiger partial charge in [-0.3, -0.25) is 9.69 Å². The van der Waals surface area contributed by atoms with Crippen LogP contribution in [0.15, 0.2) is 42.7 Å². The molecule has 3 aromatic rings. The van der Waals surface area contributed by atoms with E-state index in [1.807, 2.05) is 23.7 Å². The van der Waals surface area contributed by atoms with Crippen molar-refractivity contribution >= 4 is 23.1 Å². The van der Waals surface area contributed by atoms with Gasteiger partial charge in [0, 0.05) is 30.8 Å². The molecule has 4 aliphatic carbocycles. The Kier molecular flexibility index (Phi) is 7.85. The highest BCUT2D eigenvalue weighted by molar-refractivity contribution is 7.15. The fourth-order valence-corrected chi connectivity index (χ4v) is 9.43. The zero-order chi connectivity index (χ0) is 28.7. The molecule has 2 bridgehead atoms. The van der Waals surface area contributed by atoms with E-state index in [2.05, 4.69) is 42.2 Å². The maximum Gasteiger partial charge on any atom is 0.231 e. The number of fused-ring (bicyclic) bond motifs is 2. The van der Waals surface area contributed by atoms with Gasteiger partial charge in [-0.2, -0.15) is 0 Å². The predicted octanol–water partition coefficient (Wildman–Crippen LogP) is 8.85. The number of methoxy groups -OCH3 is 1. The Morgan fingerprint density at radius 1 is 1.00 bits per heavy atom. The number of carbonyl (C=O) groups is 1. The molecule has 1 aromatic carbocycles. The third kappa shape index (κ3) is 5.52. The Morgan fingerprint density at radius 2 is 1.86 bits per heavy atom. The fraction of sp³-hybridized carbons (Fsp3) is 0.583. The minimum absolute atomic E-state index is 0.130. The molecular weight excluding hydrogens is 538 g/mol. The van der Waals surface area contributed by atoms with Crippen LogP contribution in [-0.2, 0) is 10.2 Å². The lowest BCUT2D eigenvalue weighted by Crippen LogP contribution is -2.47. The SMILES string of the molecule is COc1ccc(C23CCCC(C2)C(CN(C(=O)C2CCCCC2)c2cc(-c4cnc(C5CC5)s4)ccn2)CC3)cc1C. The Balaban J connectivity index is 1.15. The molecule has 42 heavy (non-hydrogen) atoms. The number of hydrogen-bond acceptors (Lipinski definition) is 5. The summed E-state index contributed by atoms with van der Waals surface area (Å²) >= 11 is 1.81. The molecule has 4 saturated carbocycles. The lowest BCUT2D eigenvalue weighted by Gasteiger charge is -2.50. The highest BCUT2D eigenvalue weighted by Crippen LogP contribution is 2.53. The van der Waals surface area contributed by atoms with Crippen LogP contribution >= 0.6 is 11.3 Å². The van der Waals surface area contributed by atoms with E-state index in [-0.39, 0.29) is 11.3 Å². The number of anilines is 1. The fourth-order valence-electron chi connectivity index (χ4n) is 8.35. The molecule has 4 aliphatic rings. The number of aryl methyl sites for hydroxylation is 1. The third-order valence-corrected chi connectivity index (χ3v) is 12.2. The summed E-state index contributed by atoms with van der Waals surface area (Å²) in [7, 11) is 1.76. The molecule has 3 unspecified atom stereocenters. The first kappa shape index (κ1) is 28.1. The summed E-state index contributed by atoms with van der Waals surface area (Å²) in [5.74, 6) is 4.06. The van der Waals surface area contributed by atoms with Crippen molar-refractivity contribution in [3.63, 3.8) is 0 Å². The van der Waals surface area contributed by atoms with Crippen molar-refractivity contribution < 1.29 is 9.53 Å². The lowest BCUT2D eigenvalue weighted by atomic mass is 9.56. The van der Waals surface area contributed by atoms with Gasteiger partial charge in [0.15, 0.2) is 0 Å². The van der Waals surface area contributed by atoms with Crippen molar-refractivity contribution in [2.24, 2.45) is 17.8 Å². The van der Waals surface area contributed by atoms with Crippen molar-refractivity contribution in [1.82, 2.24) is 9.97 Å². The molecule has 0 N–H and O–H groups in total. The summed E-state index contributed by atoms with van der Waals surface area (Å²) in [4.78, 5) is 27.1. The topological polar surface area (TPSA) is 55.3 Å². The Hall–Kier alpha value is -2.73. The number of benzene rings is 1. The van der Waals surface area contributed by atoms with Crippen LogP contribution in [0.25, 0.3) is 10.4 Å². The number of pyridine rings is 1. The second-order valence-corrected chi connectivity index (χ2v) is 14.7. The monoisotopic (exact) mass is 583 g/mol. The summed E-state index contributed by atoms with van der Waals surface area (Å²) in [6.07, 6.45) is 19.5. The van der Waals surface area contributed by atoms with Gasteiger partial charge >= 0.3 is 0 Å². The first-order valence-corrected chi connectivity index (χ1v) is 17.2. The van der Waals surface area contributed by atoms with Gasteiger partial charge in [-0.25, -0.2) is 9.97 Å². The molecule has 0 aliphatic heterocycles. The van der Waals surface area contributed by atoms with E-state index in [1.54, 1.807) is 7.11 Å². The zero-order valence-corrected chi connectivity index (χ0v) is 26.1. The smallest absolute Gasteiger partial charge is 0.231 e. The van der Waals surface area contributed by atoms with Gasteiger partial charge in [-0.15, -0.1) is 11.3 Å². The first-order chi connectivity index (χ1) is 20.5. The number of amides is 1. The van der Waals surface area contributed by atoms with Gasteiger partial charge in [0.25, 0.3) is 0 Å². The molecule has 0 saturated heterocycles. The molecule has 7 rings (SSSR count). The average molecular weight is 584 g/mol. The second kappa shape index (κ2) is 11.7. The molecule has 3 atom stereocenters. The van der Waals surface area contributed by atoms with Crippen LogP contribution in [0.3, 0.4) is 0 Å². The van der Waals surface area contributed by atoms with Gasteiger partial charge < -0.3 is 4.74 Å². The molecule has 4 fully saturated rings. The number of hydrogen-bond donors (Lipinski definition) is 0. The van der Waals surface area contributed by atoms with Gasteiger partial charge in [0.2, 0.25) is 5.91 Å². The number of nitrogens with zero attached hydrogens (tertiary/aromatic N) is 3. The van der Waals surface area contributed by atoms with E-state index < -0.39 is 0 Å². The van der Waals surface area contributed by atoms with Gasteiger partial charge in [0.1, 0.15) is 11.6 Å². The number of thiazole rings is 1. The van der Waals surface area contributed by atoms with Crippen LogP contribution in [-0.4, -0.2) is 29.5 Å². The number of carbonyl (C=O) groups excluding carboxylic acids is 1. The molecule has 0 spiro atoms. The minimum atomic E-state index is 0.130. The third-order valence-electron chi connectivity index (χ3n) is 10.9. The molecule has 6 heteroatoms. The maximum atomic E-state index is 14.2. The van der Waals surface area contributed by atoms with Crippen LogP contribution < -0.4 is 9.64 Å². The quantitative estimate of drug-likeness (QED) is 0.266. The summed E-state index contributed by atoms with van der Waals surface area (Å²) in [5.41, 5.74) is 4.12. The Labute approximate surface area is 255 Å². The van der Waals surface area contributed by atoms with E-state index >= 15 is 0 Å². The van der Waals surface area contributed by atoms with Crippen molar-refractivity contribution in [3.8, 4) is 16.2 Å². The number of rotatable bonds is 8. The zero-order valence-electron chi connectivity index (χ0n) is 25.3. The highest BCUT2D eigenvalue weighted by Gasteiger charge is 2.45. The standard InChI is InChI=1S/C36H45N3O2S/c1-24-19-30(12-13-31(24)41-2)36-16-6-9-28(21-36)29(14-17-36)23-39(35(40)26-7-4-3-5-8-26)33-20-27(15-18-37-33)32-22-38-34(42-32)25-10-11-25/h12-13,15,18-20,22,25-26,28-29H,3-11,14,16-17,21,23H2,1-2H3. The van der Waals surface area contributed by atoms with E-state index in [4.69, 9.17) is 14.7 Å². The van der Waals surface area contributed by atoms with Crippen molar-refractivity contribution in [3.05, 3.63) is 58.9 Å². The molecular formula is C36H45N3O2S. The minimum Gasteiger partial charge on any atom is -0.496 e.